The highest BCUT2D eigenvalue weighted by atomic mass is 14.3. The summed E-state index contributed by atoms with van der Waals surface area (Å²) in [6.07, 6.45) is 15.1. The molecular formula is C13H18. The van der Waals surface area contributed by atoms with Gasteiger partial charge in [-0.2, -0.15) is 0 Å². The zero-order valence-electron chi connectivity index (χ0n) is 8.48. The minimum absolute atomic E-state index is 0.697. The smallest absolute Gasteiger partial charge is 0.00132 e. The maximum Gasteiger partial charge on any atom is -0.00132 e. The van der Waals surface area contributed by atoms with Gasteiger partial charge in [0.05, 0.1) is 0 Å². The third kappa shape index (κ3) is 1.77. The summed E-state index contributed by atoms with van der Waals surface area (Å²) in [6.45, 7) is 4.66. The molecule has 3 atom stereocenters. The van der Waals surface area contributed by atoms with E-state index in [0.717, 1.165) is 17.8 Å². The molecule has 0 radical (unpaired) electrons. The molecular weight excluding hydrogens is 156 g/mol. The van der Waals surface area contributed by atoms with Gasteiger partial charge in [-0.3, -0.25) is 0 Å². The molecule has 0 aromatic carbocycles. The van der Waals surface area contributed by atoms with E-state index in [0.29, 0.717) is 5.92 Å². The van der Waals surface area contributed by atoms with E-state index < -0.39 is 0 Å². The minimum atomic E-state index is 0.697. The van der Waals surface area contributed by atoms with Crippen LogP contribution in [0.5, 0.6) is 0 Å². The number of hydrogen-bond acceptors (Lipinski definition) is 0. The van der Waals surface area contributed by atoms with Crippen LogP contribution in [0.3, 0.4) is 0 Å². The van der Waals surface area contributed by atoms with E-state index in [1.54, 1.807) is 0 Å². The average molecular weight is 174 g/mol. The predicted molar refractivity (Wildman–Crippen MR) is 57.3 cm³/mol. The molecule has 3 unspecified atom stereocenters. The van der Waals surface area contributed by atoms with Gasteiger partial charge in [-0.1, -0.05) is 50.3 Å². The maximum atomic E-state index is 2.39. The van der Waals surface area contributed by atoms with Gasteiger partial charge in [0, 0.05) is 0 Å². The molecule has 0 N–H and O–H groups in total. The molecule has 0 saturated carbocycles. The van der Waals surface area contributed by atoms with Gasteiger partial charge >= 0.3 is 0 Å². The fourth-order valence-electron chi connectivity index (χ4n) is 2.47. The van der Waals surface area contributed by atoms with Crippen molar-refractivity contribution in [3.8, 4) is 0 Å². The van der Waals surface area contributed by atoms with Gasteiger partial charge in [-0.25, -0.2) is 0 Å². The first-order valence-electron chi connectivity index (χ1n) is 5.30. The van der Waals surface area contributed by atoms with Gasteiger partial charge in [0.2, 0.25) is 0 Å². The van der Waals surface area contributed by atoms with Crippen molar-refractivity contribution >= 4 is 0 Å². The molecule has 2 aliphatic rings. The largest absolute Gasteiger partial charge is 0.0854 e. The van der Waals surface area contributed by atoms with Crippen LogP contribution in [-0.2, 0) is 0 Å². The Bertz CT molecular complexity index is 245. The minimum Gasteiger partial charge on any atom is -0.0854 e. The van der Waals surface area contributed by atoms with Gasteiger partial charge in [-0.05, 0) is 30.1 Å². The molecule has 0 bridgehead atoms. The summed E-state index contributed by atoms with van der Waals surface area (Å²) in [5.74, 6) is 3.04. The molecule has 0 saturated heterocycles. The highest BCUT2D eigenvalue weighted by Gasteiger charge is 2.26. The van der Waals surface area contributed by atoms with Crippen LogP contribution in [0.15, 0.2) is 36.5 Å². The number of allylic oxidation sites excluding steroid dienone is 6. The monoisotopic (exact) mass is 174 g/mol. The van der Waals surface area contributed by atoms with E-state index in [2.05, 4.69) is 50.3 Å². The summed E-state index contributed by atoms with van der Waals surface area (Å²) < 4.78 is 0. The Morgan fingerprint density at radius 1 is 0.923 bits per heavy atom. The predicted octanol–water partition coefficient (Wildman–Crippen LogP) is 3.58. The molecule has 0 aliphatic heterocycles. The molecule has 0 aromatic heterocycles. The molecule has 13 heavy (non-hydrogen) atoms. The first-order chi connectivity index (χ1) is 6.27. The number of hydrogen-bond donors (Lipinski definition) is 0. The Balaban J connectivity index is 2.10. The lowest BCUT2D eigenvalue weighted by molar-refractivity contribution is 0.295. The highest BCUT2D eigenvalue weighted by molar-refractivity contribution is 5.20. The molecule has 0 heteroatoms. The summed E-state index contributed by atoms with van der Waals surface area (Å²) in [5.41, 5.74) is 0. The Hall–Kier alpha value is -0.780. The fourth-order valence-corrected chi connectivity index (χ4v) is 2.47. The maximum absolute atomic E-state index is 2.39. The molecule has 0 spiro atoms. The third-order valence-corrected chi connectivity index (χ3v) is 3.33. The van der Waals surface area contributed by atoms with Crippen LogP contribution in [0.4, 0.5) is 0 Å². The quantitative estimate of drug-likeness (QED) is 0.533. The van der Waals surface area contributed by atoms with E-state index in [-0.39, 0.29) is 0 Å². The first kappa shape index (κ1) is 8.80. The SMILES string of the molecule is CC1C=CC(C)C(C2C=CC=C2)C1. The molecule has 0 heterocycles. The van der Waals surface area contributed by atoms with Crippen LogP contribution >= 0.6 is 0 Å². The second kappa shape index (κ2) is 3.53. The van der Waals surface area contributed by atoms with E-state index in [4.69, 9.17) is 0 Å². The molecule has 2 aliphatic carbocycles. The van der Waals surface area contributed by atoms with Gasteiger partial charge in [0.25, 0.3) is 0 Å². The van der Waals surface area contributed by atoms with Crippen molar-refractivity contribution in [2.24, 2.45) is 23.7 Å². The van der Waals surface area contributed by atoms with E-state index in [1.165, 1.54) is 6.42 Å². The second-order valence-electron chi connectivity index (χ2n) is 4.47. The van der Waals surface area contributed by atoms with E-state index in [9.17, 15) is 0 Å². The average Bonchev–Trinajstić information content (AvgIpc) is 2.61. The first-order valence-corrected chi connectivity index (χ1v) is 5.30. The van der Waals surface area contributed by atoms with Crippen molar-refractivity contribution < 1.29 is 0 Å². The van der Waals surface area contributed by atoms with Crippen molar-refractivity contribution in [1.29, 1.82) is 0 Å². The van der Waals surface area contributed by atoms with Crippen molar-refractivity contribution in [2.75, 3.05) is 0 Å². The van der Waals surface area contributed by atoms with Gasteiger partial charge in [0.1, 0.15) is 0 Å². The van der Waals surface area contributed by atoms with E-state index >= 15 is 0 Å². The highest BCUT2D eigenvalue weighted by Crippen LogP contribution is 2.36. The van der Waals surface area contributed by atoms with Crippen molar-refractivity contribution in [2.45, 2.75) is 20.3 Å². The summed E-state index contributed by atoms with van der Waals surface area (Å²) in [5, 5.41) is 0. The Morgan fingerprint density at radius 3 is 2.31 bits per heavy atom. The lowest BCUT2D eigenvalue weighted by Gasteiger charge is -2.31. The standard InChI is InChI=1S/C13H18/c1-10-7-8-11(2)13(9-10)12-5-3-4-6-12/h3-8,10-13H,9H2,1-2H3. The summed E-state index contributed by atoms with van der Waals surface area (Å²) in [4.78, 5) is 0. The van der Waals surface area contributed by atoms with Gasteiger partial charge < -0.3 is 0 Å². The Morgan fingerprint density at radius 2 is 1.62 bits per heavy atom. The summed E-state index contributed by atoms with van der Waals surface area (Å²) in [6, 6.07) is 0. The molecule has 2 rings (SSSR count). The lowest BCUT2D eigenvalue weighted by Crippen LogP contribution is -2.22. The van der Waals surface area contributed by atoms with Crippen molar-refractivity contribution in [1.82, 2.24) is 0 Å². The Kier molecular flexibility index (Phi) is 2.39. The van der Waals surface area contributed by atoms with Crippen LogP contribution < -0.4 is 0 Å². The Labute approximate surface area is 81.0 Å². The zero-order valence-corrected chi connectivity index (χ0v) is 8.48. The molecule has 70 valence electrons. The number of rotatable bonds is 1. The fraction of sp³-hybridized carbons (Fsp3) is 0.538. The van der Waals surface area contributed by atoms with Crippen LogP contribution in [0, 0.1) is 23.7 Å². The topological polar surface area (TPSA) is 0 Å². The molecule has 0 fully saturated rings. The summed E-state index contributed by atoms with van der Waals surface area (Å²) in [7, 11) is 0. The molecule has 0 aromatic rings. The molecule has 0 amide bonds. The van der Waals surface area contributed by atoms with Crippen molar-refractivity contribution in [3.05, 3.63) is 36.5 Å². The van der Waals surface area contributed by atoms with Crippen molar-refractivity contribution in [3.63, 3.8) is 0 Å². The van der Waals surface area contributed by atoms with Crippen LogP contribution in [0.1, 0.15) is 20.3 Å². The zero-order chi connectivity index (χ0) is 9.26. The second-order valence-corrected chi connectivity index (χ2v) is 4.47. The normalized spacial score (nSPS) is 38.8. The van der Waals surface area contributed by atoms with Crippen LogP contribution in [0.25, 0.3) is 0 Å². The van der Waals surface area contributed by atoms with Crippen LogP contribution in [0.2, 0.25) is 0 Å². The third-order valence-electron chi connectivity index (χ3n) is 3.33. The van der Waals surface area contributed by atoms with E-state index in [1.807, 2.05) is 0 Å². The lowest BCUT2D eigenvalue weighted by atomic mass is 9.74. The van der Waals surface area contributed by atoms with Crippen LogP contribution in [-0.4, -0.2) is 0 Å². The van der Waals surface area contributed by atoms with Gasteiger partial charge in [0.15, 0.2) is 0 Å². The van der Waals surface area contributed by atoms with Gasteiger partial charge in [-0.15, -0.1) is 0 Å². The summed E-state index contributed by atoms with van der Waals surface area (Å²) >= 11 is 0. The molecule has 0 nitrogen and oxygen atoms in total.